The van der Waals surface area contributed by atoms with Gasteiger partial charge in [-0.1, -0.05) is 0 Å². The zero-order chi connectivity index (χ0) is 11.9. The highest BCUT2D eigenvalue weighted by molar-refractivity contribution is 8.12. The number of sulfone groups is 1. The lowest BCUT2D eigenvalue weighted by molar-refractivity contribution is 0.270. The Balaban J connectivity index is 2.14. The molecule has 2 rings (SSSR count). The summed E-state index contributed by atoms with van der Waals surface area (Å²) in [5.41, 5.74) is 0. The lowest BCUT2D eigenvalue weighted by Crippen LogP contribution is -2.29. The first-order valence-corrected chi connectivity index (χ1v) is 7.21. The van der Waals surface area contributed by atoms with E-state index in [-0.39, 0.29) is 10.4 Å². The third-order valence-corrected chi connectivity index (χ3v) is 5.49. The van der Waals surface area contributed by atoms with Crippen LogP contribution in [-0.4, -0.2) is 37.0 Å². The molecule has 0 aromatic carbocycles. The summed E-state index contributed by atoms with van der Waals surface area (Å²) in [7, 11) is -3.45. The molecule has 1 unspecified atom stereocenters. The molecule has 16 heavy (non-hydrogen) atoms. The lowest BCUT2D eigenvalue weighted by Gasteiger charge is -2.20. The van der Waals surface area contributed by atoms with Crippen molar-refractivity contribution in [3.05, 3.63) is 11.1 Å². The average molecular weight is 263 g/mol. The molecule has 0 N–H and O–H groups in total. The molecule has 0 bridgehead atoms. The normalized spacial score (nSPS) is 29.6. The van der Waals surface area contributed by atoms with E-state index in [0.717, 1.165) is 19.5 Å². The van der Waals surface area contributed by atoms with Gasteiger partial charge < -0.3 is 4.90 Å². The van der Waals surface area contributed by atoms with Gasteiger partial charge in [0, 0.05) is 24.7 Å². The van der Waals surface area contributed by atoms with Gasteiger partial charge in [-0.25, -0.2) is 13.4 Å². The predicted octanol–water partition coefficient (Wildman–Crippen LogP) is 1.58. The van der Waals surface area contributed by atoms with E-state index in [2.05, 4.69) is 23.7 Å². The molecule has 0 saturated carbocycles. The maximum absolute atomic E-state index is 11.8. The van der Waals surface area contributed by atoms with Gasteiger partial charge in [0.2, 0.25) is 14.3 Å². The fraction of sp³-hybridized carbons (Fsp3) is 0.700. The third kappa shape index (κ3) is 1.92. The van der Waals surface area contributed by atoms with Crippen molar-refractivity contribution in [1.82, 2.24) is 4.90 Å². The van der Waals surface area contributed by atoms with Gasteiger partial charge in [-0.05, 0) is 38.4 Å². The fourth-order valence-electron chi connectivity index (χ4n) is 2.16. The molecule has 4 nitrogen and oxygen atoms in total. The van der Waals surface area contributed by atoms with Crippen LogP contribution in [0.5, 0.6) is 0 Å². The predicted molar refractivity (Wildman–Crippen MR) is 65.1 cm³/mol. The minimum atomic E-state index is -3.45. The van der Waals surface area contributed by atoms with E-state index in [9.17, 15) is 8.42 Å². The molecule has 0 aromatic heterocycles. The van der Waals surface area contributed by atoms with E-state index < -0.39 is 9.84 Å². The van der Waals surface area contributed by atoms with Crippen molar-refractivity contribution in [3.8, 4) is 0 Å². The summed E-state index contributed by atoms with van der Waals surface area (Å²) >= 11 is 5.57. The smallest absolute Gasteiger partial charge is 0.232 e. The molecule has 0 spiro atoms. The average Bonchev–Trinajstić information content (AvgIpc) is 2.74. The van der Waals surface area contributed by atoms with Gasteiger partial charge in [-0.2, -0.15) is 0 Å². The van der Waals surface area contributed by atoms with Gasteiger partial charge in [0.05, 0.1) is 4.91 Å². The number of hydrogen-bond donors (Lipinski definition) is 0. The van der Waals surface area contributed by atoms with Gasteiger partial charge >= 0.3 is 0 Å². The minimum Gasteiger partial charge on any atom is -0.300 e. The summed E-state index contributed by atoms with van der Waals surface area (Å²) in [4.78, 5) is 6.36. The second kappa shape index (κ2) is 4.13. The van der Waals surface area contributed by atoms with Crippen LogP contribution in [0.25, 0.3) is 0 Å². The molecule has 1 saturated heterocycles. The van der Waals surface area contributed by atoms with E-state index in [1.54, 1.807) is 0 Å². The van der Waals surface area contributed by atoms with Gasteiger partial charge in [0.15, 0.2) is 0 Å². The SMILES string of the molecule is CC(C)N1CCC(C2=CN=C(Cl)S2(=O)=O)C1. The Morgan fingerprint density at radius 3 is 2.69 bits per heavy atom. The van der Waals surface area contributed by atoms with Crippen molar-refractivity contribution >= 4 is 25.9 Å². The summed E-state index contributed by atoms with van der Waals surface area (Å²) in [5, 5.41) is 0. The van der Waals surface area contributed by atoms with Crippen molar-refractivity contribution in [2.24, 2.45) is 10.9 Å². The highest BCUT2D eigenvalue weighted by atomic mass is 35.5. The molecule has 1 atom stereocenters. The Labute approximate surface area is 101 Å². The van der Waals surface area contributed by atoms with Crippen LogP contribution in [-0.2, 0) is 9.84 Å². The molecule has 0 radical (unpaired) electrons. The zero-order valence-corrected chi connectivity index (χ0v) is 10.9. The summed E-state index contributed by atoms with van der Waals surface area (Å²) in [5.74, 6) is 0.0485. The monoisotopic (exact) mass is 262 g/mol. The van der Waals surface area contributed by atoms with Crippen molar-refractivity contribution in [3.63, 3.8) is 0 Å². The third-order valence-electron chi connectivity index (χ3n) is 3.18. The molecule has 1 fully saturated rings. The summed E-state index contributed by atoms with van der Waals surface area (Å²) in [6.45, 7) is 5.95. The molecule has 0 amide bonds. The second-order valence-corrected chi connectivity index (χ2v) is 6.94. The zero-order valence-electron chi connectivity index (χ0n) is 9.35. The Morgan fingerprint density at radius 1 is 1.56 bits per heavy atom. The Morgan fingerprint density at radius 2 is 2.25 bits per heavy atom. The molecule has 0 aliphatic carbocycles. The molecule has 0 aromatic rings. The lowest BCUT2D eigenvalue weighted by atomic mass is 10.1. The largest absolute Gasteiger partial charge is 0.300 e. The first kappa shape index (κ1) is 12.1. The molecule has 2 aliphatic heterocycles. The molecule has 90 valence electrons. The van der Waals surface area contributed by atoms with E-state index >= 15 is 0 Å². The summed E-state index contributed by atoms with van der Waals surface area (Å²) < 4.78 is 23.3. The van der Waals surface area contributed by atoms with Gasteiger partial charge in [-0.15, -0.1) is 0 Å². The Kier molecular flexibility index (Phi) is 3.11. The quantitative estimate of drug-likeness (QED) is 0.759. The number of halogens is 1. The van der Waals surface area contributed by atoms with Gasteiger partial charge in [0.1, 0.15) is 0 Å². The van der Waals surface area contributed by atoms with Crippen LogP contribution < -0.4 is 0 Å². The number of nitrogens with zero attached hydrogens (tertiary/aromatic N) is 2. The van der Waals surface area contributed by atoms with E-state index in [1.165, 1.54) is 6.20 Å². The molecule has 2 aliphatic rings. The van der Waals surface area contributed by atoms with E-state index in [1.807, 2.05) is 0 Å². The van der Waals surface area contributed by atoms with Crippen LogP contribution in [0.4, 0.5) is 0 Å². The van der Waals surface area contributed by atoms with Gasteiger partial charge in [0.25, 0.3) is 0 Å². The fourth-order valence-corrected chi connectivity index (χ4v) is 3.69. The number of likely N-dealkylation sites (tertiary alicyclic amines) is 1. The number of hydrogen-bond acceptors (Lipinski definition) is 4. The maximum Gasteiger partial charge on any atom is 0.232 e. The van der Waals surface area contributed by atoms with E-state index in [4.69, 9.17) is 11.6 Å². The highest BCUT2D eigenvalue weighted by Gasteiger charge is 2.37. The highest BCUT2D eigenvalue weighted by Crippen LogP contribution is 2.33. The van der Waals surface area contributed by atoms with E-state index in [0.29, 0.717) is 10.9 Å². The van der Waals surface area contributed by atoms with Gasteiger partial charge in [-0.3, -0.25) is 0 Å². The van der Waals surface area contributed by atoms with Crippen molar-refractivity contribution < 1.29 is 8.42 Å². The van der Waals surface area contributed by atoms with Crippen LogP contribution in [0, 0.1) is 5.92 Å². The molecule has 6 heteroatoms. The molecule has 2 heterocycles. The minimum absolute atomic E-state index is 0.0485. The van der Waals surface area contributed by atoms with Crippen molar-refractivity contribution in [2.75, 3.05) is 13.1 Å². The van der Waals surface area contributed by atoms with Crippen LogP contribution in [0.3, 0.4) is 0 Å². The Hall–Kier alpha value is -0.390. The van der Waals surface area contributed by atoms with Crippen LogP contribution in [0.15, 0.2) is 16.1 Å². The molecular formula is C10H15ClN2O2S. The first-order chi connectivity index (χ1) is 7.43. The standard InChI is InChI=1S/C10H15ClN2O2S/c1-7(2)13-4-3-8(6-13)9-5-12-10(11)16(9,14)15/h5,7-8H,3-4,6H2,1-2H3. The van der Waals surface area contributed by atoms with Crippen molar-refractivity contribution in [1.29, 1.82) is 0 Å². The summed E-state index contributed by atoms with van der Waals surface area (Å²) in [6, 6.07) is 0.450. The van der Waals surface area contributed by atoms with Crippen LogP contribution in [0.1, 0.15) is 20.3 Å². The van der Waals surface area contributed by atoms with Crippen molar-refractivity contribution in [2.45, 2.75) is 26.3 Å². The Bertz CT molecular complexity index is 453. The summed E-state index contributed by atoms with van der Waals surface area (Å²) in [6.07, 6.45) is 2.27. The number of aliphatic imine (C=N–C) groups is 1. The topological polar surface area (TPSA) is 49.7 Å². The van der Waals surface area contributed by atoms with Crippen LogP contribution in [0.2, 0.25) is 0 Å². The second-order valence-electron chi connectivity index (χ2n) is 4.49. The molecular weight excluding hydrogens is 248 g/mol. The first-order valence-electron chi connectivity index (χ1n) is 5.35. The number of rotatable bonds is 2. The van der Waals surface area contributed by atoms with Crippen LogP contribution >= 0.6 is 11.6 Å². The maximum atomic E-state index is 11.8.